The molecule has 0 unspecified atom stereocenters. The van der Waals surface area contributed by atoms with E-state index in [1.807, 2.05) is 12.1 Å². The molecule has 116 valence electrons. The lowest BCUT2D eigenvalue weighted by Gasteiger charge is -2.28. The Balaban J connectivity index is 1.90. The molecule has 1 aromatic carbocycles. The van der Waals surface area contributed by atoms with E-state index < -0.39 is 0 Å². The van der Waals surface area contributed by atoms with Gasteiger partial charge in [0.1, 0.15) is 0 Å². The fraction of sp³-hybridized carbons (Fsp3) is 0.444. The van der Waals surface area contributed by atoms with Crippen LogP contribution in [0.1, 0.15) is 55.6 Å². The molecule has 1 fully saturated rings. The Kier molecular flexibility index (Phi) is 4.01. The van der Waals surface area contributed by atoms with Crippen LogP contribution in [0.15, 0.2) is 24.3 Å². The van der Waals surface area contributed by atoms with E-state index in [1.54, 1.807) is 7.05 Å². The lowest BCUT2D eigenvalue weighted by atomic mass is 9.85. The fourth-order valence-electron chi connectivity index (χ4n) is 3.33. The van der Waals surface area contributed by atoms with Crippen LogP contribution in [0.2, 0.25) is 0 Å². The number of hydrogen-bond donors (Lipinski definition) is 1. The summed E-state index contributed by atoms with van der Waals surface area (Å²) in [7, 11) is 1.56. The highest BCUT2D eigenvalue weighted by atomic mass is 16.2. The Labute approximate surface area is 131 Å². The Hall–Kier alpha value is -2.10. The summed E-state index contributed by atoms with van der Waals surface area (Å²) >= 11 is 0. The van der Waals surface area contributed by atoms with Gasteiger partial charge in [0.25, 0.3) is 0 Å². The molecule has 0 bridgehead atoms. The van der Waals surface area contributed by atoms with Crippen LogP contribution < -0.4 is 5.73 Å². The van der Waals surface area contributed by atoms with Crippen LogP contribution in [-0.2, 0) is 9.59 Å². The summed E-state index contributed by atoms with van der Waals surface area (Å²) in [5.41, 5.74) is 10.4. The molecule has 1 heterocycles. The molecule has 1 saturated heterocycles. The lowest BCUT2D eigenvalue weighted by molar-refractivity contribution is -0.146. The number of piperidine rings is 1. The number of rotatable bonds is 2. The van der Waals surface area contributed by atoms with E-state index in [0.29, 0.717) is 12.8 Å². The van der Waals surface area contributed by atoms with Crippen molar-refractivity contribution >= 4 is 23.1 Å². The number of imide groups is 1. The summed E-state index contributed by atoms with van der Waals surface area (Å²) in [5.74, 6) is -0.229. The molecule has 1 aromatic rings. The number of benzene rings is 1. The van der Waals surface area contributed by atoms with Crippen molar-refractivity contribution in [3.8, 4) is 0 Å². The first-order chi connectivity index (χ1) is 10.6. The number of hydrogen-bond acceptors (Lipinski definition) is 3. The van der Waals surface area contributed by atoms with Gasteiger partial charge in [-0.2, -0.15) is 0 Å². The molecule has 0 spiro atoms. The van der Waals surface area contributed by atoms with Gasteiger partial charge in [0.15, 0.2) is 0 Å². The molecule has 1 aliphatic carbocycles. The van der Waals surface area contributed by atoms with Crippen molar-refractivity contribution in [1.29, 1.82) is 0 Å². The molecule has 2 N–H and O–H groups in total. The van der Waals surface area contributed by atoms with Gasteiger partial charge >= 0.3 is 0 Å². The zero-order valence-corrected chi connectivity index (χ0v) is 13.0. The first kappa shape index (κ1) is 14.8. The molecule has 1 aliphatic heterocycles. The first-order valence-electron chi connectivity index (χ1n) is 7.94. The number of allylic oxidation sites excluding steroid dienone is 2. The normalized spacial score (nSPS) is 20.2. The highest BCUT2D eigenvalue weighted by Crippen LogP contribution is 2.35. The van der Waals surface area contributed by atoms with Gasteiger partial charge < -0.3 is 5.73 Å². The third-order valence-electron chi connectivity index (χ3n) is 4.78. The van der Waals surface area contributed by atoms with Crippen molar-refractivity contribution < 1.29 is 9.59 Å². The zero-order valence-electron chi connectivity index (χ0n) is 13.0. The Morgan fingerprint density at radius 1 is 1.14 bits per heavy atom. The van der Waals surface area contributed by atoms with Crippen LogP contribution in [0.5, 0.6) is 0 Å². The zero-order chi connectivity index (χ0) is 15.7. The van der Waals surface area contributed by atoms with Gasteiger partial charge in [-0.15, -0.1) is 0 Å². The van der Waals surface area contributed by atoms with E-state index in [9.17, 15) is 9.59 Å². The number of carbonyl (C=O) groups excluding carboxylic acids is 2. The number of nitrogens with two attached hydrogens (primary N) is 1. The maximum atomic E-state index is 11.9. The molecular weight excluding hydrogens is 276 g/mol. The van der Waals surface area contributed by atoms with Crippen molar-refractivity contribution in [1.82, 2.24) is 4.90 Å². The number of anilines is 1. The average Bonchev–Trinajstić information content (AvgIpc) is 2.53. The molecule has 0 atom stereocenters. The molecule has 2 amide bonds. The minimum atomic E-state index is -0.100. The second-order valence-electron chi connectivity index (χ2n) is 6.27. The van der Waals surface area contributed by atoms with Crippen LogP contribution in [-0.4, -0.2) is 23.8 Å². The molecule has 3 rings (SSSR count). The van der Waals surface area contributed by atoms with Crippen LogP contribution in [0.4, 0.5) is 5.69 Å². The summed E-state index contributed by atoms with van der Waals surface area (Å²) in [6.45, 7) is 0. The molecule has 4 heteroatoms. The predicted octanol–water partition coefficient (Wildman–Crippen LogP) is 3.09. The van der Waals surface area contributed by atoms with E-state index in [2.05, 4.69) is 12.1 Å². The standard InChI is InChI=1S/C18H22N2O2/c1-20-17(21)10-14(11-18(20)22)13-7-8-16(19)15(9-13)12-5-3-2-4-6-12/h5,7-9,14H,2-4,6,10-11,19H2,1H3. The van der Waals surface area contributed by atoms with Crippen LogP contribution in [0.3, 0.4) is 0 Å². The van der Waals surface area contributed by atoms with Crippen molar-refractivity contribution in [2.24, 2.45) is 0 Å². The molecule has 22 heavy (non-hydrogen) atoms. The Morgan fingerprint density at radius 3 is 2.50 bits per heavy atom. The summed E-state index contributed by atoms with van der Waals surface area (Å²) in [4.78, 5) is 25.1. The van der Waals surface area contributed by atoms with Gasteiger partial charge in [0.05, 0.1) is 0 Å². The van der Waals surface area contributed by atoms with Crippen LogP contribution in [0, 0.1) is 0 Å². The number of nitrogen functional groups attached to an aromatic ring is 1. The number of likely N-dealkylation sites (tertiary alicyclic amines) is 1. The van der Waals surface area contributed by atoms with E-state index >= 15 is 0 Å². The van der Waals surface area contributed by atoms with Gasteiger partial charge in [0, 0.05) is 37.1 Å². The van der Waals surface area contributed by atoms with E-state index in [4.69, 9.17) is 5.73 Å². The quantitative estimate of drug-likeness (QED) is 0.674. The van der Waals surface area contributed by atoms with Crippen molar-refractivity contribution in [3.63, 3.8) is 0 Å². The smallest absolute Gasteiger partial charge is 0.229 e. The van der Waals surface area contributed by atoms with Crippen LogP contribution in [0.25, 0.3) is 5.57 Å². The fourth-order valence-corrected chi connectivity index (χ4v) is 3.33. The third kappa shape index (κ3) is 2.78. The number of carbonyl (C=O) groups is 2. The number of nitrogens with zero attached hydrogens (tertiary/aromatic N) is 1. The predicted molar refractivity (Wildman–Crippen MR) is 87.1 cm³/mol. The average molecular weight is 298 g/mol. The molecule has 0 radical (unpaired) electrons. The van der Waals surface area contributed by atoms with Gasteiger partial charge in [-0.3, -0.25) is 14.5 Å². The minimum absolute atomic E-state index is 0.0280. The third-order valence-corrected chi connectivity index (χ3v) is 4.78. The Morgan fingerprint density at radius 2 is 1.86 bits per heavy atom. The maximum Gasteiger partial charge on any atom is 0.229 e. The lowest BCUT2D eigenvalue weighted by Crippen LogP contribution is -2.39. The van der Waals surface area contributed by atoms with Crippen molar-refractivity contribution in [2.75, 3.05) is 12.8 Å². The molecule has 2 aliphatic rings. The van der Waals surface area contributed by atoms with Crippen molar-refractivity contribution in [2.45, 2.75) is 44.4 Å². The summed E-state index contributed by atoms with van der Waals surface area (Å²) in [5, 5.41) is 0. The highest BCUT2D eigenvalue weighted by molar-refractivity contribution is 5.98. The monoisotopic (exact) mass is 298 g/mol. The second-order valence-corrected chi connectivity index (χ2v) is 6.27. The molecular formula is C18H22N2O2. The minimum Gasteiger partial charge on any atom is -0.398 e. The van der Waals surface area contributed by atoms with Crippen molar-refractivity contribution in [3.05, 3.63) is 35.4 Å². The highest BCUT2D eigenvalue weighted by Gasteiger charge is 2.31. The summed E-state index contributed by atoms with van der Waals surface area (Å²) < 4.78 is 0. The largest absolute Gasteiger partial charge is 0.398 e. The summed E-state index contributed by atoms with van der Waals surface area (Å²) in [6.07, 6.45) is 7.64. The van der Waals surface area contributed by atoms with E-state index in [0.717, 1.165) is 29.7 Å². The Bertz CT molecular complexity index is 630. The van der Waals surface area contributed by atoms with E-state index in [-0.39, 0.29) is 17.7 Å². The SMILES string of the molecule is CN1C(=O)CC(c2ccc(N)c(C3=CCCCC3)c2)CC1=O. The molecule has 0 aromatic heterocycles. The topological polar surface area (TPSA) is 63.4 Å². The maximum absolute atomic E-state index is 11.9. The first-order valence-corrected chi connectivity index (χ1v) is 7.94. The number of amides is 2. The van der Waals surface area contributed by atoms with Gasteiger partial charge in [-0.25, -0.2) is 0 Å². The van der Waals surface area contributed by atoms with Gasteiger partial charge in [0.2, 0.25) is 11.8 Å². The second kappa shape index (κ2) is 5.95. The van der Waals surface area contributed by atoms with Gasteiger partial charge in [-0.05, 0) is 49.0 Å². The molecule has 4 nitrogen and oxygen atoms in total. The van der Waals surface area contributed by atoms with Gasteiger partial charge in [-0.1, -0.05) is 12.1 Å². The van der Waals surface area contributed by atoms with Crippen LogP contribution >= 0.6 is 0 Å². The summed E-state index contributed by atoms with van der Waals surface area (Å²) in [6, 6.07) is 5.95. The molecule has 0 saturated carbocycles. The van der Waals surface area contributed by atoms with E-state index in [1.165, 1.54) is 23.3 Å².